The van der Waals surface area contributed by atoms with E-state index in [1.165, 1.54) is 6.07 Å². The predicted octanol–water partition coefficient (Wildman–Crippen LogP) is 2.63. The molecule has 3 aromatic carbocycles. The number of halogens is 1. The molecule has 3 aromatic rings. The van der Waals surface area contributed by atoms with Crippen LogP contribution in [0.5, 0.6) is 0 Å². The maximum absolute atomic E-state index is 13.7. The average molecular weight is 323 g/mol. The summed E-state index contributed by atoms with van der Waals surface area (Å²) in [5, 5.41) is 5.13. The standard InChI is InChI=1S/C20H19FN2O/c1-23(13-17-8-4-5-9-19(17)21)14-20(24)22-18-11-10-15-6-2-3-7-16(15)12-18/h2-12H,13-14H2,1H3,(H,22,24)/p+1. The van der Waals surface area contributed by atoms with Crippen LogP contribution in [0.2, 0.25) is 0 Å². The van der Waals surface area contributed by atoms with Gasteiger partial charge in [0.25, 0.3) is 5.91 Å². The molecule has 0 aromatic heterocycles. The predicted molar refractivity (Wildman–Crippen MR) is 94.4 cm³/mol. The highest BCUT2D eigenvalue weighted by Crippen LogP contribution is 2.18. The Balaban J connectivity index is 1.61. The third-order valence-corrected chi connectivity index (χ3v) is 3.95. The molecule has 0 bridgehead atoms. The Morgan fingerprint density at radius 1 is 1.00 bits per heavy atom. The molecule has 122 valence electrons. The van der Waals surface area contributed by atoms with Gasteiger partial charge in [-0.25, -0.2) is 4.39 Å². The Kier molecular flexibility index (Phi) is 4.87. The molecule has 0 aliphatic carbocycles. The minimum Gasteiger partial charge on any atom is -0.326 e. The lowest BCUT2D eigenvalue weighted by Crippen LogP contribution is -3.08. The monoisotopic (exact) mass is 323 g/mol. The third-order valence-electron chi connectivity index (χ3n) is 3.95. The zero-order chi connectivity index (χ0) is 16.9. The number of hydrogen-bond acceptors (Lipinski definition) is 1. The molecular formula is C20H20FN2O+. The van der Waals surface area contributed by atoms with Gasteiger partial charge < -0.3 is 10.2 Å². The smallest absolute Gasteiger partial charge is 0.279 e. The van der Waals surface area contributed by atoms with Crippen LogP contribution in [0.15, 0.2) is 66.7 Å². The fourth-order valence-electron chi connectivity index (χ4n) is 2.78. The molecule has 2 N–H and O–H groups in total. The van der Waals surface area contributed by atoms with E-state index in [1.807, 2.05) is 49.5 Å². The first-order chi connectivity index (χ1) is 11.6. The second-order valence-corrected chi connectivity index (χ2v) is 6.01. The van der Waals surface area contributed by atoms with E-state index in [4.69, 9.17) is 0 Å². The van der Waals surface area contributed by atoms with Crippen molar-refractivity contribution in [3.05, 3.63) is 78.1 Å². The fourth-order valence-corrected chi connectivity index (χ4v) is 2.78. The van der Waals surface area contributed by atoms with Crippen molar-refractivity contribution in [1.29, 1.82) is 0 Å². The summed E-state index contributed by atoms with van der Waals surface area (Å²) >= 11 is 0. The molecule has 4 heteroatoms. The van der Waals surface area contributed by atoms with Crippen molar-refractivity contribution in [3.8, 4) is 0 Å². The highest BCUT2D eigenvalue weighted by atomic mass is 19.1. The van der Waals surface area contributed by atoms with Crippen molar-refractivity contribution in [2.45, 2.75) is 6.54 Å². The van der Waals surface area contributed by atoms with E-state index in [9.17, 15) is 9.18 Å². The summed E-state index contributed by atoms with van der Waals surface area (Å²) in [6.45, 7) is 0.749. The molecule has 3 rings (SSSR count). The molecule has 0 saturated heterocycles. The van der Waals surface area contributed by atoms with Gasteiger partial charge in [0.1, 0.15) is 12.4 Å². The summed E-state index contributed by atoms with van der Waals surface area (Å²) in [4.78, 5) is 13.1. The number of carbonyl (C=O) groups is 1. The minimum absolute atomic E-state index is 0.0841. The number of hydrogen-bond donors (Lipinski definition) is 2. The van der Waals surface area contributed by atoms with Crippen LogP contribution in [-0.2, 0) is 11.3 Å². The van der Waals surface area contributed by atoms with E-state index in [0.717, 1.165) is 21.4 Å². The molecule has 0 fully saturated rings. The largest absolute Gasteiger partial charge is 0.326 e. The first-order valence-corrected chi connectivity index (χ1v) is 7.95. The van der Waals surface area contributed by atoms with Gasteiger partial charge in [0.05, 0.1) is 7.05 Å². The van der Waals surface area contributed by atoms with E-state index < -0.39 is 0 Å². The van der Waals surface area contributed by atoms with Crippen LogP contribution < -0.4 is 10.2 Å². The molecule has 0 heterocycles. The van der Waals surface area contributed by atoms with Gasteiger partial charge in [-0.3, -0.25) is 4.79 Å². The van der Waals surface area contributed by atoms with Crippen LogP contribution in [-0.4, -0.2) is 19.5 Å². The van der Waals surface area contributed by atoms with Crippen LogP contribution in [0.1, 0.15) is 5.56 Å². The summed E-state index contributed by atoms with van der Waals surface area (Å²) < 4.78 is 13.7. The molecule has 1 unspecified atom stereocenters. The molecule has 0 aliphatic heterocycles. The lowest BCUT2D eigenvalue weighted by atomic mass is 10.1. The molecule has 24 heavy (non-hydrogen) atoms. The van der Waals surface area contributed by atoms with Crippen LogP contribution in [0.3, 0.4) is 0 Å². The third kappa shape index (κ3) is 3.97. The molecular weight excluding hydrogens is 303 g/mol. The number of rotatable bonds is 5. The summed E-state index contributed by atoms with van der Waals surface area (Å²) in [6.07, 6.45) is 0. The van der Waals surface area contributed by atoms with Crippen LogP contribution in [0, 0.1) is 5.82 Å². The average Bonchev–Trinajstić information content (AvgIpc) is 2.56. The maximum atomic E-state index is 13.7. The normalized spacial score (nSPS) is 12.1. The molecule has 0 spiro atoms. The van der Waals surface area contributed by atoms with Gasteiger partial charge >= 0.3 is 0 Å². The summed E-state index contributed by atoms with van der Waals surface area (Å²) in [5.74, 6) is -0.314. The lowest BCUT2D eigenvalue weighted by molar-refractivity contribution is -0.885. The van der Waals surface area contributed by atoms with Gasteiger partial charge in [-0.1, -0.05) is 48.5 Å². The van der Waals surface area contributed by atoms with E-state index in [-0.39, 0.29) is 18.3 Å². The highest BCUT2D eigenvalue weighted by Gasteiger charge is 2.13. The maximum Gasteiger partial charge on any atom is 0.279 e. The Morgan fingerprint density at radius 2 is 1.71 bits per heavy atom. The van der Waals surface area contributed by atoms with Gasteiger partial charge in [0.2, 0.25) is 0 Å². The van der Waals surface area contributed by atoms with Crippen molar-refractivity contribution in [2.75, 3.05) is 18.9 Å². The number of fused-ring (bicyclic) bond motifs is 1. The Hall–Kier alpha value is -2.72. The van der Waals surface area contributed by atoms with Crippen LogP contribution in [0.25, 0.3) is 10.8 Å². The van der Waals surface area contributed by atoms with Crippen molar-refractivity contribution in [1.82, 2.24) is 0 Å². The molecule has 0 radical (unpaired) electrons. The van der Waals surface area contributed by atoms with Gasteiger partial charge in [0.15, 0.2) is 6.54 Å². The minimum atomic E-state index is -0.230. The Morgan fingerprint density at radius 3 is 2.50 bits per heavy atom. The molecule has 0 aliphatic rings. The topological polar surface area (TPSA) is 33.5 Å². The van der Waals surface area contributed by atoms with E-state index in [1.54, 1.807) is 18.2 Å². The van der Waals surface area contributed by atoms with Crippen molar-refractivity contribution >= 4 is 22.4 Å². The van der Waals surface area contributed by atoms with Crippen LogP contribution >= 0.6 is 0 Å². The lowest BCUT2D eigenvalue weighted by Gasteiger charge is -2.14. The molecule has 1 amide bonds. The number of benzene rings is 3. The Labute approximate surface area is 140 Å². The quantitative estimate of drug-likeness (QED) is 0.743. The summed E-state index contributed by atoms with van der Waals surface area (Å²) in [6, 6.07) is 20.5. The fraction of sp³-hybridized carbons (Fsp3) is 0.150. The SMILES string of the molecule is C[NH+](CC(=O)Nc1ccc2ccccc2c1)Cc1ccccc1F. The van der Waals surface area contributed by atoms with E-state index in [0.29, 0.717) is 12.1 Å². The second kappa shape index (κ2) is 7.23. The first kappa shape index (κ1) is 16.1. The number of quaternary nitrogens is 1. The van der Waals surface area contributed by atoms with Crippen LogP contribution in [0.4, 0.5) is 10.1 Å². The van der Waals surface area contributed by atoms with Crippen molar-refractivity contribution in [2.24, 2.45) is 0 Å². The van der Waals surface area contributed by atoms with E-state index in [2.05, 4.69) is 5.32 Å². The van der Waals surface area contributed by atoms with E-state index >= 15 is 0 Å². The van der Waals surface area contributed by atoms with Gasteiger partial charge in [-0.15, -0.1) is 0 Å². The molecule has 3 nitrogen and oxygen atoms in total. The van der Waals surface area contributed by atoms with Crippen molar-refractivity contribution < 1.29 is 14.1 Å². The number of amides is 1. The van der Waals surface area contributed by atoms with Gasteiger partial charge in [-0.2, -0.15) is 0 Å². The van der Waals surface area contributed by atoms with Gasteiger partial charge in [0, 0.05) is 11.3 Å². The number of nitrogens with one attached hydrogen (secondary N) is 2. The second-order valence-electron chi connectivity index (χ2n) is 6.01. The number of likely N-dealkylation sites (N-methyl/N-ethyl adjacent to an activating group) is 1. The molecule has 0 saturated carbocycles. The van der Waals surface area contributed by atoms with Crippen molar-refractivity contribution in [3.63, 3.8) is 0 Å². The summed E-state index contributed by atoms with van der Waals surface area (Å²) in [5.41, 5.74) is 1.39. The highest BCUT2D eigenvalue weighted by molar-refractivity contribution is 5.94. The van der Waals surface area contributed by atoms with Gasteiger partial charge in [-0.05, 0) is 29.0 Å². The zero-order valence-electron chi connectivity index (χ0n) is 13.6. The number of anilines is 1. The summed E-state index contributed by atoms with van der Waals surface area (Å²) in [7, 11) is 1.88. The zero-order valence-corrected chi connectivity index (χ0v) is 13.6. The molecule has 1 atom stereocenters. The number of carbonyl (C=O) groups excluding carboxylic acids is 1. The Bertz CT molecular complexity index is 863. The first-order valence-electron chi connectivity index (χ1n) is 7.95.